The van der Waals surface area contributed by atoms with Crippen molar-refractivity contribution in [1.29, 1.82) is 0 Å². The van der Waals surface area contributed by atoms with Crippen molar-refractivity contribution in [3.05, 3.63) is 180 Å². The van der Waals surface area contributed by atoms with Gasteiger partial charge in [-0.25, -0.2) is 0 Å². The first-order chi connectivity index (χ1) is 20.2. The molecular weight excluding hydrogens is 496 g/mol. The highest BCUT2D eigenvalue weighted by Gasteiger charge is 2.13. The van der Waals surface area contributed by atoms with E-state index in [4.69, 9.17) is 0 Å². The van der Waals surface area contributed by atoms with Crippen LogP contribution in [0.5, 0.6) is 0 Å². The van der Waals surface area contributed by atoms with Crippen LogP contribution in [0, 0.1) is 6.92 Å². The Kier molecular flexibility index (Phi) is 7.73. The molecule has 0 fully saturated rings. The van der Waals surface area contributed by atoms with E-state index in [1.165, 1.54) is 5.56 Å². The molecule has 0 atom stereocenters. The fourth-order valence-electron chi connectivity index (χ4n) is 4.98. The van der Waals surface area contributed by atoms with Crippen LogP contribution in [0.3, 0.4) is 0 Å². The SMILES string of the molecule is Cc1ccc(N(c2ccccc2)c2ccc(/C=C/c3ccc(N(c4ccccc4)c4ccccc4)cc3)cc2)cc1. The van der Waals surface area contributed by atoms with E-state index in [-0.39, 0.29) is 0 Å². The zero-order valence-electron chi connectivity index (χ0n) is 23.1. The molecular formula is C39H32N2. The summed E-state index contributed by atoms with van der Waals surface area (Å²) in [6.07, 6.45) is 4.34. The number of hydrogen-bond acceptors (Lipinski definition) is 2. The topological polar surface area (TPSA) is 6.48 Å². The van der Waals surface area contributed by atoms with Gasteiger partial charge >= 0.3 is 0 Å². The molecule has 41 heavy (non-hydrogen) atoms. The molecule has 0 amide bonds. The van der Waals surface area contributed by atoms with E-state index in [9.17, 15) is 0 Å². The van der Waals surface area contributed by atoms with Gasteiger partial charge in [-0.05, 0) is 90.8 Å². The highest BCUT2D eigenvalue weighted by atomic mass is 15.1. The molecule has 0 saturated carbocycles. The molecule has 0 heterocycles. The van der Waals surface area contributed by atoms with Crippen LogP contribution in [-0.4, -0.2) is 0 Å². The maximum Gasteiger partial charge on any atom is 0.0462 e. The van der Waals surface area contributed by atoms with E-state index in [0.717, 1.165) is 45.3 Å². The number of para-hydroxylation sites is 3. The van der Waals surface area contributed by atoms with Crippen LogP contribution in [0.25, 0.3) is 12.2 Å². The Hall–Kier alpha value is -5.34. The monoisotopic (exact) mass is 528 g/mol. The summed E-state index contributed by atoms with van der Waals surface area (Å²) in [5.74, 6) is 0. The van der Waals surface area contributed by atoms with Gasteiger partial charge in [0.1, 0.15) is 0 Å². The summed E-state index contributed by atoms with van der Waals surface area (Å²) in [4.78, 5) is 4.57. The summed E-state index contributed by atoms with van der Waals surface area (Å²) in [7, 11) is 0. The van der Waals surface area contributed by atoms with Crippen LogP contribution in [0.2, 0.25) is 0 Å². The van der Waals surface area contributed by atoms with Crippen molar-refractivity contribution >= 4 is 46.3 Å². The standard InChI is InChI=1S/C39H32N2/c1-31-17-25-37(26-18-31)41(36-15-9-4-10-16-36)39-29-23-33(24-30-39)20-19-32-21-27-38(28-22-32)40(34-11-5-2-6-12-34)35-13-7-3-8-14-35/h2-30H,1H3/b20-19+. The lowest BCUT2D eigenvalue weighted by Gasteiger charge is -2.25. The molecule has 2 heteroatoms. The van der Waals surface area contributed by atoms with Crippen molar-refractivity contribution in [2.75, 3.05) is 9.80 Å². The predicted octanol–water partition coefficient (Wildman–Crippen LogP) is 11.1. The van der Waals surface area contributed by atoms with Crippen LogP contribution in [0.1, 0.15) is 16.7 Å². The van der Waals surface area contributed by atoms with Gasteiger partial charge in [0.2, 0.25) is 0 Å². The van der Waals surface area contributed by atoms with E-state index in [0.29, 0.717) is 0 Å². The first-order valence-corrected chi connectivity index (χ1v) is 13.9. The van der Waals surface area contributed by atoms with Crippen molar-refractivity contribution in [2.45, 2.75) is 6.92 Å². The minimum absolute atomic E-state index is 1.13. The largest absolute Gasteiger partial charge is 0.311 e. The second-order valence-corrected chi connectivity index (χ2v) is 10.0. The highest BCUT2D eigenvalue weighted by molar-refractivity contribution is 5.80. The number of aryl methyl sites for hydroxylation is 1. The molecule has 0 spiro atoms. The molecule has 6 rings (SSSR count). The van der Waals surface area contributed by atoms with E-state index in [1.807, 2.05) is 0 Å². The van der Waals surface area contributed by atoms with Gasteiger partial charge in [-0.1, -0.05) is 109 Å². The summed E-state index contributed by atoms with van der Waals surface area (Å²) in [5, 5.41) is 0. The summed E-state index contributed by atoms with van der Waals surface area (Å²) >= 11 is 0. The van der Waals surface area contributed by atoms with Crippen molar-refractivity contribution in [2.24, 2.45) is 0 Å². The number of anilines is 6. The summed E-state index contributed by atoms with van der Waals surface area (Å²) in [6.45, 7) is 2.12. The molecule has 0 aliphatic heterocycles. The maximum atomic E-state index is 2.29. The van der Waals surface area contributed by atoms with Crippen LogP contribution < -0.4 is 9.80 Å². The zero-order valence-corrected chi connectivity index (χ0v) is 23.1. The molecule has 198 valence electrons. The van der Waals surface area contributed by atoms with Crippen LogP contribution >= 0.6 is 0 Å². The molecule has 0 bridgehead atoms. The number of hydrogen-bond donors (Lipinski definition) is 0. The van der Waals surface area contributed by atoms with Gasteiger partial charge in [0.25, 0.3) is 0 Å². The van der Waals surface area contributed by atoms with Crippen molar-refractivity contribution in [3.63, 3.8) is 0 Å². The molecule has 0 unspecified atom stereocenters. The van der Waals surface area contributed by atoms with Gasteiger partial charge in [-0.2, -0.15) is 0 Å². The van der Waals surface area contributed by atoms with Gasteiger partial charge in [0, 0.05) is 34.1 Å². The molecule has 6 aromatic rings. The summed E-state index contributed by atoms with van der Waals surface area (Å²) < 4.78 is 0. The number of nitrogens with zero attached hydrogens (tertiary/aromatic N) is 2. The average molecular weight is 529 g/mol. The van der Waals surface area contributed by atoms with E-state index in [2.05, 4.69) is 193 Å². The molecule has 0 aromatic heterocycles. The number of rotatable bonds is 8. The fraction of sp³-hybridized carbons (Fsp3) is 0.0256. The summed E-state index contributed by atoms with van der Waals surface area (Å²) in [5.41, 5.74) is 10.4. The third-order valence-electron chi connectivity index (χ3n) is 7.11. The van der Waals surface area contributed by atoms with Crippen molar-refractivity contribution < 1.29 is 0 Å². The Morgan fingerprint density at radius 1 is 0.317 bits per heavy atom. The summed E-state index contributed by atoms with van der Waals surface area (Å²) in [6, 6.07) is 57.6. The van der Waals surface area contributed by atoms with E-state index in [1.54, 1.807) is 0 Å². The average Bonchev–Trinajstić information content (AvgIpc) is 3.04. The van der Waals surface area contributed by atoms with Crippen molar-refractivity contribution in [3.8, 4) is 0 Å². The van der Waals surface area contributed by atoms with Gasteiger partial charge in [0.05, 0.1) is 0 Å². The Balaban J connectivity index is 1.22. The second-order valence-electron chi connectivity index (χ2n) is 10.0. The zero-order chi connectivity index (χ0) is 27.9. The maximum absolute atomic E-state index is 2.29. The lowest BCUT2D eigenvalue weighted by Crippen LogP contribution is -2.09. The van der Waals surface area contributed by atoms with Crippen molar-refractivity contribution in [1.82, 2.24) is 0 Å². The Morgan fingerprint density at radius 2 is 0.585 bits per heavy atom. The second kappa shape index (κ2) is 12.2. The third kappa shape index (κ3) is 6.13. The molecule has 2 nitrogen and oxygen atoms in total. The first kappa shape index (κ1) is 25.9. The van der Waals surface area contributed by atoms with E-state index < -0.39 is 0 Å². The molecule has 0 N–H and O–H groups in total. The molecule has 6 aromatic carbocycles. The van der Waals surface area contributed by atoms with Crippen LogP contribution in [-0.2, 0) is 0 Å². The minimum Gasteiger partial charge on any atom is -0.311 e. The van der Waals surface area contributed by atoms with Gasteiger partial charge in [-0.3, -0.25) is 0 Å². The molecule has 0 aliphatic carbocycles. The Bertz CT molecular complexity index is 1650. The quantitative estimate of drug-likeness (QED) is 0.181. The van der Waals surface area contributed by atoms with Crippen LogP contribution in [0.4, 0.5) is 34.1 Å². The molecule has 0 radical (unpaired) electrons. The van der Waals surface area contributed by atoms with E-state index >= 15 is 0 Å². The van der Waals surface area contributed by atoms with Gasteiger partial charge < -0.3 is 9.80 Å². The number of benzene rings is 6. The fourth-order valence-corrected chi connectivity index (χ4v) is 4.98. The lowest BCUT2D eigenvalue weighted by atomic mass is 10.1. The highest BCUT2D eigenvalue weighted by Crippen LogP contribution is 2.36. The minimum atomic E-state index is 1.13. The molecule has 0 saturated heterocycles. The first-order valence-electron chi connectivity index (χ1n) is 13.9. The third-order valence-corrected chi connectivity index (χ3v) is 7.11. The predicted molar refractivity (Wildman–Crippen MR) is 176 cm³/mol. The smallest absolute Gasteiger partial charge is 0.0462 e. The van der Waals surface area contributed by atoms with Gasteiger partial charge in [0.15, 0.2) is 0 Å². The van der Waals surface area contributed by atoms with Gasteiger partial charge in [-0.15, -0.1) is 0 Å². The Morgan fingerprint density at radius 3 is 0.902 bits per heavy atom. The Labute approximate surface area is 243 Å². The van der Waals surface area contributed by atoms with Crippen LogP contribution in [0.15, 0.2) is 164 Å². The molecule has 0 aliphatic rings. The lowest BCUT2D eigenvalue weighted by molar-refractivity contribution is 1.27. The normalized spacial score (nSPS) is 11.0.